The number of aliphatic hydroxyl groups is 1. The van der Waals surface area contributed by atoms with E-state index in [0.717, 1.165) is 38.5 Å². The van der Waals surface area contributed by atoms with E-state index in [1.54, 1.807) is 0 Å². The van der Waals surface area contributed by atoms with Crippen molar-refractivity contribution >= 4 is 5.97 Å². The molecule has 0 bridgehead atoms. The second kappa shape index (κ2) is 7.09. The summed E-state index contributed by atoms with van der Waals surface area (Å²) in [6.45, 7) is 16.2. The lowest BCUT2D eigenvalue weighted by Gasteiger charge is -2.69. The zero-order valence-corrected chi connectivity index (χ0v) is 21.1. The number of carboxylic acids is 1. The second-order valence-corrected chi connectivity index (χ2v) is 13.9. The number of hydrogen-bond acceptors (Lipinski definition) is 2. The number of rotatable bonds is 2. The smallest absolute Gasteiger partial charge is 0.309 e. The molecule has 0 aromatic carbocycles. The van der Waals surface area contributed by atoms with Gasteiger partial charge in [0.1, 0.15) is 0 Å². The summed E-state index contributed by atoms with van der Waals surface area (Å²) in [6, 6.07) is 0. The van der Waals surface area contributed by atoms with Gasteiger partial charge in [0.15, 0.2) is 0 Å². The van der Waals surface area contributed by atoms with E-state index in [-0.39, 0.29) is 17.4 Å². The minimum Gasteiger partial charge on any atom is -0.481 e. The topological polar surface area (TPSA) is 57.5 Å². The van der Waals surface area contributed by atoms with Gasteiger partial charge in [-0.1, -0.05) is 39.8 Å². The molecule has 0 radical (unpaired) electrons. The Balaban J connectivity index is 1.52. The first-order valence-electron chi connectivity index (χ1n) is 13.5. The molecule has 5 fully saturated rings. The average Bonchev–Trinajstić information content (AvgIpc) is 3.12. The summed E-state index contributed by atoms with van der Waals surface area (Å²) in [7, 11) is 0. The predicted molar refractivity (Wildman–Crippen MR) is 128 cm³/mol. The Kier molecular flexibility index (Phi) is 5.08. The van der Waals surface area contributed by atoms with Crippen molar-refractivity contribution in [2.75, 3.05) is 0 Å². The molecule has 0 aliphatic heterocycles. The Morgan fingerprint density at radius 3 is 2.16 bits per heavy atom. The van der Waals surface area contributed by atoms with Crippen LogP contribution in [0.2, 0.25) is 0 Å². The third kappa shape index (κ3) is 2.72. The van der Waals surface area contributed by atoms with Crippen LogP contribution in [-0.2, 0) is 4.79 Å². The van der Waals surface area contributed by atoms with Crippen LogP contribution in [0.5, 0.6) is 0 Å². The molecule has 5 rings (SSSR count). The first-order valence-corrected chi connectivity index (χ1v) is 13.5. The number of hydrogen-bond donors (Lipinski definition) is 2. The van der Waals surface area contributed by atoms with Crippen molar-refractivity contribution in [3.63, 3.8) is 0 Å². The highest BCUT2D eigenvalue weighted by molar-refractivity contribution is 5.76. The number of allylic oxidation sites excluding steroid dienone is 1. The van der Waals surface area contributed by atoms with Crippen LogP contribution in [0.25, 0.3) is 0 Å². The van der Waals surface area contributed by atoms with Crippen molar-refractivity contribution in [2.24, 2.45) is 57.2 Å². The molecule has 0 amide bonds. The van der Waals surface area contributed by atoms with E-state index in [9.17, 15) is 15.0 Å². The van der Waals surface area contributed by atoms with Crippen molar-refractivity contribution in [3.8, 4) is 0 Å². The Hall–Kier alpha value is -0.830. The van der Waals surface area contributed by atoms with Crippen molar-refractivity contribution in [1.82, 2.24) is 0 Å². The number of carbonyl (C=O) groups is 1. The number of carboxylic acid groups (broad SMARTS) is 1. The van der Waals surface area contributed by atoms with Crippen LogP contribution in [0, 0.1) is 57.2 Å². The van der Waals surface area contributed by atoms with Crippen LogP contribution in [-0.4, -0.2) is 22.3 Å². The fourth-order valence-corrected chi connectivity index (χ4v) is 11.2. The molecule has 5 aliphatic rings. The summed E-state index contributed by atoms with van der Waals surface area (Å²) in [5.41, 5.74) is 1.30. The Labute approximate surface area is 195 Å². The van der Waals surface area contributed by atoms with E-state index >= 15 is 0 Å². The summed E-state index contributed by atoms with van der Waals surface area (Å²) in [4.78, 5) is 12.7. The number of aliphatic carboxylic acids is 1. The zero-order valence-electron chi connectivity index (χ0n) is 21.1. The maximum Gasteiger partial charge on any atom is 0.309 e. The van der Waals surface area contributed by atoms with Gasteiger partial charge in [-0.2, -0.15) is 0 Å². The molecule has 180 valence electrons. The molecular formula is C29H46O3. The maximum absolute atomic E-state index is 12.7. The monoisotopic (exact) mass is 442 g/mol. The first kappa shape index (κ1) is 22.9. The quantitative estimate of drug-likeness (QED) is 0.468. The lowest BCUT2D eigenvalue weighted by atomic mass is 9.36. The zero-order chi connectivity index (χ0) is 23.3. The van der Waals surface area contributed by atoms with Crippen molar-refractivity contribution in [2.45, 2.75) is 105 Å². The summed E-state index contributed by atoms with van der Waals surface area (Å²) in [5.74, 6) is 2.60. The standard InChI is InChI=1S/C29H46O3/c1-17(2)18-9-15-29(25(31)32)16-10-20-19(24(18)29)7-8-22-27(20,5)13-11-21-26(3,4)23(30)12-14-28(21,22)6/h18-24,30H,1,7-16H2,2-6H3,(H,31,32)/t18-,19?,20?,21?,22?,23?,24?,27?,28?,29?/m0/s1. The summed E-state index contributed by atoms with van der Waals surface area (Å²) in [6.07, 6.45) is 10.6. The molecule has 2 N–H and O–H groups in total. The summed E-state index contributed by atoms with van der Waals surface area (Å²) >= 11 is 0. The van der Waals surface area contributed by atoms with Gasteiger partial charge < -0.3 is 10.2 Å². The third-order valence-corrected chi connectivity index (χ3v) is 12.6. The van der Waals surface area contributed by atoms with Crippen LogP contribution in [0.15, 0.2) is 12.2 Å². The molecule has 0 heterocycles. The minimum absolute atomic E-state index is 0.00724. The highest BCUT2D eigenvalue weighted by Crippen LogP contribution is 2.73. The van der Waals surface area contributed by atoms with Gasteiger partial charge >= 0.3 is 5.97 Å². The SMILES string of the molecule is C=C(C)[C@@H]1CCC2(C(=O)O)CCC3C(CCC4C3(C)CCC3C(C)(C)C(O)CCC34C)C12. The molecule has 5 saturated carbocycles. The lowest BCUT2D eigenvalue weighted by molar-refractivity contribution is -0.217. The van der Waals surface area contributed by atoms with Crippen molar-refractivity contribution in [1.29, 1.82) is 0 Å². The normalized spacial score (nSPS) is 54.0. The molecule has 3 nitrogen and oxygen atoms in total. The van der Waals surface area contributed by atoms with E-state index < -0.39 is 11.4 Å². The van der Waals surface area contributed by atoms with E-state index in [1.807, 2.05) is 0 Å². The highest BCUT2D eigenvalue weighted by atomic mass is 16.4. The number of fused-ring (bicyclic) bond motifs is 7. The number of aliphatic hydroxyl groups excluding tert-OH is 1. The van der Waals surface area contributed by atoms with Crippen molar-refractivity contribution in [3.05, 3.63) is 12.2 Å². The summed E-state index contributed by atoms with van der Waals surface area (Å²) < 4.78 is 0. The van der Waals surface area contributed by atoms with Crippen LogP contribution in [0.1, 0.15) is 98.8 Å². The van der Waals surface area contributed by atoms with Gasteiger partial charge in [0.2, 0.25) is 0 Å². The molecule has 0 aromatic rings. The largest absolute Gasteiger partial charge is 0.481 e. The van der Waals surface area contributed by atoms with E-state index in [1.165, 1.54) is 31.3 Å². The van der Waals surface area contributed by atoms with Gasteiger partial charge in [0.25, 0.3) is 0 Å². The van der Waals surface area contributed by atoms with Crippen LogP contribution >= 0.6 is 0 Å². The highest BCUT2D eigenvalue weighted by Gasteiger charge is 2.68. The van der Waals surface area contributed by atoms with Gasteiger partial charge in [0.05, 0.1) is 11.5 Å². The van der Waals surface area contributed by atoms with Gasteiger partial charge in [-0.3, -0.25) is 4.79 Å². The lowest BCUT2D eigenvalue weighted by Crippen LogP contribution is -2.63. The van der Waals surface area contributed by atoms with Crippen molar-refractivity contribution < 1.29 is 15.0 Å². The van der Waals surface area contributed by atoms with Gasteiger partial charge in [0, 0.05) is 0 Å². The second-order valence-electron chi connectivity index (χ2n) is 13.9. The van der Waals surface area contributed by atoms with E-state index in [2.05, 4.69) is 41.2 Å². The Bertz CT molecular complexity index is 815. The fourth-order valence-electron chi connectivity index (χ4n) is 11.2. The third-order valence-electron chi connectivity index (χ3n) is 12.6. The van der Waals surface area contributed by atoms with Gasteiger partial charge in [-0.25, -0.2) is 0 Å². The molecule has 5 aliphatic carbocycles. The first-order chi connectivity index (χ1) is 14.9. The summed E-state index contributed by atoms with van der Waals surface area (Å²) in [5, 5.41) is 21.2. The van der Waals surface area contributed by atoms with E-state index in [4.69, 9.17) is 0 Å². The molecule has 32 heavy (non-hydrogen) atoms. The fraction of sp³-hybridized carbons (Fsp3) is 0.897. The molecule has 3 heteroatoms. The predicted octanol–water partition coefficient (Wildman–Crippen LogP) is 6.70. The van der Waals surface area contributed by atoms with E-state index in [0.29, 0.717) is 40.4 Å². The molecule has 0 saturated heterocycles. The molecular weight excluding hydrogens is 396 g/mol. The maximum atomic E-state index is 12.7. The van der Waals surface area contributed by atoms with Crippen LogP contribution in [0.4, 0.5) is 0 Å². The Morgan fingerprint density at radius 1 is 0.844 bits per heavy atom. The van der Waals surface area contributed by atoms with Crippen LogP contribution in [0.3, 0.4) is 0 Å². The minimum atomic E-state index is -0.532. The molecule has 10 atom stereocenters. The van der Waals surface area contributed by atoms with Gasteiger partial charge in [-0.15, -0.1) is 0 Å². The molecule has 9 unspecified atom stereocenters. The van der Waals surface area contributed by atoms with Gasteiger partial charge in [-0.05, 0) is 123 Å². The van der Waals surface area contributed by atoms with Crippen LogP contribution < -0.4 is 0 Å². The molecule has 0 aromatic heterocycles. The average molecular weight is 443 g/mol. The Morgan fingerprint density at radius 2 is 1.50 bits per heavy atom. The molecule has 0 spiro atoms.